The lowest BCUT2D eigenvalue weighted by atomic mass is 10.2. The number of hydrogen-bond acceptors (Lipinski definition) is 7. The molecule has 0 saturated heterocycles. The molecule has 0 aromatic heterocycles. The van der Waals surface area contributed by atoms with Crippen LogP contribution in [0, 0.1) is 6.92 Å². The molecule has 126 valence electrons. The highest BCUT2D eigenvalue weighted by Gasteiger charge is 2.00. The smallest absolute Gasteiger partial charge is 0.0558 e. The van der Waals surface area contributed by atoms with Gasteiger partial charge in [0.05, 0.1) is 25.8 Å². The number of aliphatic hydroxyl groups excluding tert-OH is 3. The van der Waals surface area contributed by atoms with E-state index in [-0.39, 0.29) is 25.6 Å². The second-order valence-corrected chi connectivity index (χ2v) is 5.46. The summed E-state index contributed by atoms with van der Waals surface area (Å²) < 4.78 is 0. The van der Waals surface area contributed by atoms with E-state index >= 15 is 0 Å². The molecule has 0 fully saturated rings. The van der Waals surface area contributed by atoms with E-state index in [2.05, 4.69) is 0 Å². The van der Waals surface area contributed by atoms with E-state index in [0.29, 0.717) is 19.6 Å². The number of carboxylic acids is 1. The van der Waals surface area contributed by atoms with Crippen molar-refractivity contribution in [1.82, 2.24) is 4.90 Å². The van der Waals surface area contributed by atoms with Crippen molar-refractivity contribution in [3.63, 3.8) is 0 Å². The lowest BCUT2D eigenvalue weighted by molar-refractivity contribution is -0.301. The lowest BCUT2D eigenvalue weighted by Gasteiger charge is -2.17. The maximum atomic E-state index is 10.2. The number of nitrogens with zero attached hydrogens (tertiary/aromatic N) is 1. The molecule has 0 aliphatic heterocycles. The Hall–Kier alpha value is -1.12. The van der Waals surface area contributed by atoms with Crippen LogP contribution in [0.3, 0.4) is 0 Å². The molecular formula is C15H24NO5S-. The van der Waals surface area contributed by atoms with E-state index < -0.39 is 5.97 Å². The molecule has 0 radical (unpaired) electrons. The maximum Gasteiger partial charge on any atom is 0.0558 e. The van der Waals surface area contributed by atoms with Gasteiger partial charge < -0.3 is 25.2 Å². The molecule has 0 unspecified atom stereocenters. The first-order valence-electron chi connectivity index (χ1n) is 6.98. The Kier molecular flexibility index (Phi) is 12.8. The highest BCUT2D eigenvalue weighted by atomic mass is 32.2. The molecule has 6 nitrogen and oxygen atoms in total. The Bertz CT molecular complexity index is 402. The Morgan fingerprint density at radius 2 is 1.59 bits per heavy atom. The van der Waals surface area contributed by atoms with Gasteiger partial charge in [0.1, 0.15) is 0 Å². The van der Waals surface area contributed by atoms with Crippen molar-refractivity contribution >= 4 is 17.7 Å². The minimum Gasteiger partial charge on any atom is -0.549 e. The van der Waals surface area contributed by atoms with Crippen molar-refractivity contribution in [1.29, 1.82) is 0 Å². The number of thioether (sulfide) groups is 1. The van der Waals surface area contributed by atoms with Crippen molar-refractivity contribution in [2.45, 2.75) is 11.8 Å². The zero-order chi connectivity index (χ0) is 16.8. The van der Waals surface area contributed by atoms with E-state index in [9.17, 15) is 9.90 Å². The zero-order valence-electron chi connectivity index (χ0n) is 12.8. The fraction of sp³-hybridized carbons (Fsp3) is 0.533. The standard InChI is InChI=1S/C9H10O2S.C6H15NO3/c1-7-4-2-3-5-8(7)12-6-9(10)11;8-4-1-7(2-5-9)3-6-10/h2-5H,6H2,1H3,(H,10,11);8-10H,1-6H2/p-1. The van der Waals surface area contributed by atoms with Crippen molar-refractivity contribution in [2.75, 3.05) is 45.2 Å². The first kappa shape index (κ1) is 20.9. The van der Waals surface area contributed by atoms with Gasteiger partial charge in [-0.25, -0.2) is 0 Å². The lowest BCUT2D eigenvalue weighted by Crippen LogP contribution is -2.32. The topological polar surface area (TPSA) is 104 Å². The fourth-order valence-electron chi connectivity index (χ4n) is 1.61. The van der Waals surface area contributed by atoms with Crippen LogP contribution < -0.4 is 5.11 Å². The van der Waals surface area contributed by atoms with Crippen molar-refractivity contribution in [2.24, 2.45) is 0 Å². The maximum absolute atomic E-state index is 10.2. The molecule has 0 saturated carbocycles. The van der Waals surface area contributed by atoms with Crippen LogP contribution in [0.5, 0.6) is 0 Å². The van der Waals surface area contributed by atoms with Gasteiger partial charge in [0.2, 0.25) is 0 Å². The first-order valence-corrected chi connectivity index (χ1v) is 7.96. The molecular weight excluding hydrogens is 306 g/mol. The minimum atomic E-state index is -1.02. The third-order valence-electron chi connectivity index (χ3n) is 2.69. The average molecular weight is 330 g/mol. The molecule has 3 N–H and O–H groups in total. The largest absolute Gasteiger partial charge is 0.549 e. The number of carbonyl (C=O) groups excluding carboxylic acids is 1. The van der Waals surface area contributed by atoms with Gasteiger partial charge in [0, 0.05) is 30.3 Å². The predicted molar refractivity (Wildman–Crippen MR) is 84.6 cm³/mol. The Morgan fingerprint density at radius 1 is 1.09 bits per heavy atom. The van der Waals surface area contributed by atoms with Crippen LogP contribution in [0.1, 0.15) is 5.56 Å². The number of carbonyl (C=O) groups is 1. The SMILES string of the molecule is Cc1ccccc1SCC(=O)[O-].OCCN(CCO)CCO. The molecule has 1 aromatic carbocycles. The summed E-state index contributed by atoms with van der Waals surface area (Å²) in [5, 5.41) is 35.6. The monoisotopic (exact) mass is 330 g/mol. The van der Waals surface area contributed by atoms with Gasteiger partial charge in [-0.05, 0) is 18.6 Å². The highest BCUT2D eigenvalue weighted by Crippen LogP contribution is 2.20. The molecule has 7 heteroatoms. The third kappa shape index (κ3) is 10.6. The second kappa shape index (κ2) is 13.5. The number of aliphatic hydroxyl groups is 3. The fourth-order valence-corrected chi connectivity index (χ4v) is 2.36. The van der Waals surface area contributed by atoms with Crippen LogP contribution in [-0.4, -0.2) is 71.4 Å². The summed E-state index contributed by atoms with van der Waals surface area (Å²) >= 11 is 1.29. The summed E-state index contributed by atoms with van der Waals surface area (Å²) in [6.45, 7) is 3.71. The number of aliphatic carboxylic acids is 1. The van der Waals surface area contributed by atoms with Gasteiger partial charge in [0.25, 0.3) is 0 Å². The van der Waals surface area contributed by atoms with Crippen molar-refractivity contribution in [3.05, 3.63) is 29.8 Å². The van der Waals surface area contributed by atoms with Gasteiger partial charge in [-0.2, -0.15) is 0 Å². The van der Waals surface area contributed by atoms with Crippen molar-refractivity contribution < 1.29 is 25.2 Å². The van der Waals surface area contributed by atoms with E-state index in [1.54, 1.807) is 4.90 Å². The first-order chi connectivity index (χ1) is 10.5. The van der Waals surface area contributed by atoms with Gasteiger partial charge in [-0.15, -0.1) is 11.8 Å². The van der Waals surface area contributed by atoms with Crippen molar-refractivity contribution in [3.8, 4) is 0 Å². The molecule has 1 aromatic rings. The van der Waals surface area contributed by atoms with E-state index in [1.807, 2.05) is 31.2 Å². The molecule has 0 atom stereocenters. The molecule has 1 rings (SSSR count). The minimum absolute atomic E-state index is 0.0187. The van der Waals surface area contributed by atoms with Crippen LogP contribution in [0.15, 0.2) is 29.2 Å². The van der Waals surface area contributed by atoms with Crippen LogP contribution in [0.25, 0.3) is 0 Å². The number of hydrogen-bond donors (Lipinski definition) is 3. The number of aryl methyl sites for hydroxylation is 1. The van der Waals surface area contributed by atoms with Crippen LogP contribution in [0.2, 0.25) is 0 Å². The third-order valence-corrected chi connectivity index (χ3v) is 3.84. The summed E-state index contributed by atoms with van der Waals surface area (Å²) in [6, 6.07) is 7.68. The number of carboxylic acid groups (broad SMARTS) is 1. The molecule has 22 heavy (non-hydrogen) atoms. The van der Waals surface area contributed by atoms with Crippen LogP contribution >= 0.6 is 11.8 Å². The van der Waals surface area contributed by atoms with Crippen LogP contribution in [-0.2, 0) is 4.79 Å². The molecule has 0 aliphatic rings. The summed E-state index contributed by atoms with van der Waals surface area (Å²) in [5.41, 5.74) is 1.10. The Balaban J connectivity index is 0.000000409. The van der Waals surface area contributed by atoms with E-state index in [1.165, 1.54) is 11.8 Å². The quantitative estimate of drug-likeness (QED) is 0.504. The normalized spacial score (nSPS) is 10.2. The van der Waals surface area contributed by atoms with Crippen LogP contribution in [0.4, 0.5) is 0 Å². The number of rotatable bonds is 9. The van der Waals surface area contributed by atoms with Gasteiger partial charge >= 0.3 is 0 Å². The van der Waals surface area contributed by atoms with Gasteiger partial charge in [0.15, 0.2) is 0 Å². The van der Waals surface area contributed by atoms with E-state index in [0.717, 1.165) is 10.5 Å². The predicted octanol–water partition coefficient (Wildman–Crippen LogP) is -0.898. The number of benzene rings is 1. The Morgan fingerprint density at radius 3 is 2.00 bits per heavy atom. The second-order valence-electron chi connectivity index (χ2n) is 4.44. The van der Waals surface area contributed by atoms with E-state index in [4.69, 9.17) is 15.3 Å². The molecule has 0 spiro atoms. The molecule has 0 bridgehead atoms. The molecule has 0 amide bonds. The Labute approximate surface area is 135 Å². The average Bonchev–Trinajstić information content (AvgIpc) is 2.48. The molecule has 0 aliphatic carbocycles. The summed E-state index contributed by atoms with van der Waals surface area (Å²) in [7, 11) is 0. The zero-order valence-corrected chi connectivity index (χ0v) is 13.6. The highest BCUT2D eigenvalue weighted by molar-refractivity contribution is 8.00. The summed E-state index contributed by atoms with van der Waals surface area (Å²) in [6.07, 6.45) is 0. The van der Waals surface area contributed by atoms with Gasteiger partial charge in [-0.3, -0.25) is 4.90 Å². The molecule has 0 heterocycles. The summed E-state index contributed by atoms with van der Waals surface area (Å²) in [4.78, 5) is 12.9. The van der Waals surface area contributed by atoms with Gasteiger partial charge in [-0.1, -0.05) is 18.2 Å². The summed E-state index contributed by atoms with van der Waals surface area (Å²) in [5.74, 6) is -1.01.